The van der Waals surface area contributed by atoms with Gasteiger partial charge in [-0.2, -0.15) is 0 Å². The van der Waals surface area contributed by atoms with E-state index in [1.54, 1.807) is 6.92 Å². The number of amides is 1. The Morgan fingerprint density at radius 2 is 2.21 bits per heavy atom. The van der Waals surface area contributed by atoms with Crippen LogP contribution < -0.4 is 11.1 Å². The summed E-state index contributed by atoms with van der Waals surface area (Å²) in [4.78, 5) is 20.3. The van der Waals surface area contributed by atoms with E-state index in [4.69, 9.17) is 11.1 Å². The number of carbonyl (C=O) groups excluding carboxylic acids is 1. The molecule has 0 radical (unpaired) electrons. The standard InChI is InChI=1S/C13H19N5O/c1-9(19)18-6-4-10(5-7-18)11-2-3-12(17-11)13(15)16-8-14/h2-3,8,10,17H,4-7H2,1H3,(H3,14,15,16)/p+1. The second kappa shape index (κ2) is 5.69. The van der Waals surface area contributed by atoms with Gasteiger partial charge in [0.05, 0.1) is 0 Å². The van der Waals surface area contributed by atoms with Gasteiger partial charge in [0.1, 0.15) is 5.69 Å². The molecule has 1 saturated heterocycles. The molecular weight excluding hydrogens is 242 g/mol. The highest BCUT2D eigenvalue weighted by molar-refractivity contribution is 5.99. The van der Waals surface area contributed by atoms with E-state index >= 15 is 0 Å². The zero-order valence-corrected chi connectivity index (χ0v) is 11.1. The Bertz CT molecular complexity index is 497. The van der Waals surface area contributed by atoms with E-state index in [-0.39, 0.29) is 5.91 Å². The lowest BCUT2D eigenvalue weighted by Crippen LogP contribution is -2.36. The lowest BCUT2D eigenvalue weighted by atomic mass is 9.94. The average molecular weight is 262 g/mol. The fourth-order valence-electron chi connectivity index (χ4n) is 2.45. The van der Waals surface area contributed by atoms with Crippen LogP contribution in [0.2, 0.25) is 0 Å². The summed E-state index contributed by atoms with van der Waals surface area (Å²) in [5.74, 6) is 0.981. The largest absolute Gasteiger partial charge is 0.361 e. The predicted molar refractivity (Wildman–Crippen MR) is 73.7 cm³/mol. The van der Waals surface area contributed by atoms with Crippen molar-refractivity contribution in [2.24, 2.45) is 10.7 Å². The quantitative estimate of drug-likeness (QED) is 0.492. The summed E-state index contributed by atoms with van der Waals surface area (Å²) in [7, 11) is 0. The first-order valence-electron chi connectivity index (χ1n) is 6.43. The van der Waals surface area contributed by atoms with Gasteiger partial charge in [-0.25, -0.2) is 0 Å². The molecule has 102 valence electrons. The van der Waals surface area contributed by atoms with Crippen molar-refractivity contribution in [1.82, 2.24) is 9.88 Å². The molecule has 1 aromatic rings. The Kier molecular flexibility index (Phi) is 3.99. The molecule has 0 aromatic carbocycles. The molecule has 0 atom stereocenters. The van der Waals surface area contributed by atoms with Crippen LogP contribution in [0.3, 0.4) is 0 Å². The third-order valence-corrected chi connectivity index (χ3v) is 3.58. The Morgan fingerprint density at radius 3 is 2.79 bits per heavy atom. The highest BCUT2D eigenvalue weighted by Gasteiger charge is 2.23. The number of nitrogens with one attached hydrogen (secondary N) is 1. The fraction of sp³-hybridized carbons (Fsp3) is 0.462. The second-order valence-electron chi connectivity index (χ2n) is 4.77. The number of aromatic nitrogens is 1. The van der Waals surface area contributed by atoms with Crippen LogP contribution in [0.4, 0.5) is 0 Å². The first-order valence-corrected chi connectivity index (χ1v) is 6.43. The maximum atomic E-state index is 11.3. The van der Waals surface area contributed by atoms with Gasteiger partial charge in [0.25, 0.3) is 12.2 Å². The second-order valence-corrected chi connectivity index (χ2v) is 4.77. The van der Waals surface area contributed by atoms with Crippen LogP contribution in [-0.2, 0) is 4.79 Å². The van der Waals surface area contributed by atoms with Gasteiger partial charge in [-0.15, -0.1) is 0 Å². The summed E-state index contributed by atoms with van der Waals surface area (Å²) in [5, 5.41) is 5.22. The van der Waals surface area contributed by atoms with Crippen molar-refractivity contribution in [1.29, 1.82) is 0 Å². The van der Waals surface area contributed by atoms with Crippen LogP contribution in [0.5, 0.6) is 0 Å². The molecule has 5 N–H and O–H groups in total. The lowest BCUT2D eigenvalue weighted by Gasteiger charge is -2.30. The molecule has 6 nitrogen and oxygen atoms in total. The van der Waals surface area contributed by atoms with Gasteiger partial charge in [0.2, 0.25) is 5.91 Å². The number of hydrogen-bond acceptors (Lipinski definition) is 1. The summed E-state index contributed by atoms with van der Waals surface area (Å²) >= 11 is 0. The maximum Gasteiger partial charge on any atom is 0.280 e. The number of aromatic amines is 1. The van der Waals surface area contributed by atoms with Gasteiger partial charge in [0, 0.05) is 31.6 Å². The van der Waals surface area contributed by atoms with Gasteiger partial charge in [0.15, 0.2) is 0 Å². The van der Waals surface area contributed by atoms with Gasteiger partial charge in [-0.1, -0.05) is 0 Å². The number of nitrogens with two attached hydrogens (primary N) is 2. The molecule has 1 amide bonds. The van der Waals surface area contributed by atoms with Crippen molar-refractivity contribution in [2.75, 3.05) is 13.1 Å². The molecular formula is C13H20N5O+. The number of rotatable bonds is 3. The number of hydrogen-bond donors (Lipinski definition) is 3. The first-order chi connectivity index (χ1) is 9.11. The number of aliphatic imine (C=N–C) groups is 1. The number of H-pyrrole nitrogens is 1. The minimum atomic E-state index is 0.153. The highest BCUT2D eigenvalue weighted by atomic mass is 16.2. The maximum absolute atomic E-state index is 11.3. The van der Waals surface area contributed by atoms with Gasteiger partial charge < -0.3 is 15.6 Å². The molecule has 0 bridgehead atoms. The molecule has 6 heteroatoms. The third kappa shape index (κ3) is 3.01. The van der Waals surface area contributed by atoms with E-state index in [0.29, 0.717) is 11.8 Å². The van der Waals surface area contributed by atoms with Crippen LogP contribution in [0.1, 0.15) is 37.1 Å². The van der Waals surface area contributed by atoms with Gasteiger partial charge >= 0.3 is 0 Å². The predicted octanol–water partition coefficient (Wildman–Crippen LogP) is -0.767. The summed E-state index contributed by atoms with van der Waals surface area (Å²) in [6.45, 7) is 3.25. The van der Waals surface area contributed by atoms with Crippen LogP contribution in [0.15, 0.2) is 17.1 Å². The zero-order valence-electron chi connectivity index (χ0n) is 11.1. The number of nitrogens with zero attached hydrogens (tertiary/aromatic N) is 2. The molecule has 1 aromatic heterocycles. The van der Waals surface area contributed by atoms with E-state index in [9.17, 15) is 4.79 Å². The van der Waals surface area contributed by atoms with Crippen molar-refractivity contribution in [3.8, 4) is 0 Å². The Labute approximate surface area is 112 Å². The topological polar surface area (TPSA) is 100 Å². The molecule has 0 saturated carbocycles. The third-order valence-electron chi connectivity index (χ3n) is 3.58. The minimum Gasteiger partial charge on any atom is -0.361 e. The van der Waals surface area contributed by atoms with Crippen molar-refractivity contribution in [3.05, 3.63) is 23.5 Å². The van der Waals surface area contributed by atoms with E-state index in [1.165, 1.54) is 6.34 Å². The monoisotopic (exact) mass is 262 g/mol. The van der Waals surface area contributed by atoms with E-state index < -0.39 is 0 Å². The zero-order chi connectivity index (χ0) is 13.8. The van der Waals surface area contributed by atoms with Crippen molar-refractivity contribution >= 4 is 18.1 Å². The molecule has 0 aliphatic carbocycles. The number of piperidine rings is 1. The van der Waals surface area contributed by atoms with Gasteiger partial charge in [-0.05, 0) is 30.0 Å². The van der Waals surface area contributed by atoms with E-state index in [0.717, 1.165) is 37.3 Å². The SMILES string of the molecule is CC(=O)N1CCC(c2ccc(C(N)=NC=[NH2+])[nH]2)CC1. The Hall–Kier alpha value is -2.11. The Balaban J connectivity index is 2.02. The van der Waals surface area contributed by atoms with Crippen LogP contribution in [0, 0.1) is 0 Å². The van der Waals surface area contributed by atoms with Crippen molar-refractivity contribution < 1.29 is 10.2 Å². The van der Waals surface area contributed by atoms with E-state index in [1.807, 2.05) is 17.0 Å². The van der Waals surface area contributed by atoms with Crippen molar-refractivity contribution in [2.45, 2.75) is 25.7 Å². The molecule has 1 aliphatic rings. The lowest BCUT2D eigenvalue weighted by molar-refractivity contribution is -0.129. The molecule has 2 rings (SSSR count). The van der Waals surface area contributed by atoms with Crippen LogP contribution in [0.25, 0.3) is 0 Å². The minimum absolute atomic E-state index is 0.153. The summed E-state index contributed by atoms with van der Waals surface area (Å²) < 4.78 is 0. The Morgan fingerprint density at radius 1 is 1.53 bits per heavy atom. The molecule has 1 aliphatic heterocycles. The number of carbonyl (C=O) groups is 1. The highest BCUT2D eigenvalue weighted by Crippen LogP contribution is 2.27. The molecule has 0 spiro atoms. The van der Waals surface area contributed by atoms with Crippen LogP contribution >= 0.6 is 0 Å². The molecule has 2 heterocycles. The fourth-order valence-corrected chi connectivity index (χ4v) is 2.45. The van der Waals surface area contributed by atoms with Crippen LogP contribution in [-0.4, -0.2) is 41.1 Å². The normalized spacial score (nSPS) is 17.5. The van der Waals surface area contributed by atoms with Crippen molar-refractivity contribution in [3.63, 3.8) is 0 Å². The number of likely N-dealkylation sites (tertiary alicyclic amines) is 1. The van der Waals surface area contributed by atoms with E-state index in [2.05, 4.69) is 9.98 Å². The average Bonchev–Trinajstić information content (AvgIpc) is 2.89. The summed E-state index contributed by atoms with van der Waals surface area (Å²) in [6.07, 6.45) is 3.13. The summed E-state index contributed by atoms with van der Waals surface area (Å²) in [5.41, 5.74) is 7.69. The number of amidine groups is 1. The molecule has 1 fully saturated rings. The summed E-state index contributed by atoms with van der Waals surface area (Å²) in [6, 6.07) is 3.94. The smallest absolute Gasteiger partial charge is 0.280 e. The molecule has 0 unspecified atom stereocenters. The molecule has 19 heavy (non-hydrogen) atoms. The van der Waals surface area contributed by atoms with Gasteiger partial charge in [-0.3, -0.25) is 10.2 Å². The first kappa shape index (κ1) is 13.3.